The van der Waals surface area contributed by atoms with Crippen LogP contribution in [0, 0.1) is 5.82 Å². The van der Waals surface area contributed by atoms with Crippen LogP contribution in [0.4, 0.5) is 4.39 Å². The Balaban J connectivity index is 2.28. The Morgan fingerprint density at radius 1 is 1.08 bits per heavy atom. The van der Waals surface area contributed by atoms with Crippen LogP contribution in [0.15, 0.2) is 30.3 Å². The number of nitrogens with zero attached hydrogens (tertiary/aromatic N) is 1. The van der Waals surface area contributed by atoms with Crippen LogP contribution in [0.5, 0.6) is 17.2 Å². The van der Waals surface area contributed by atoms with Crippen LogP contribution >= 0.6 is 11.6 Å². The molecule has 7 heteroatoms. The highest BCUT2D eigenvalue weighted by Gasteiger charge is 2.20. The molecule has 0 radical (unpaired) electrons. The summed E-state index contributed by atoms with van der Waals surface area (Å²) in [7, 11) is 4.35. The van der Waals surface area contributed by atoms with Gasteiger partial charge in [-0.25, -0.2) is 4.39 Å². The first-order valence-electron chi connectivity index (χ1n) is 7.98. The van der Waals surface area contributed by atoms with Crippen LogP contribution in [-0.2, 0) is 6.54 Å². The van der Waals surface area contributed by atoms with Crippen molar-refractivity contribution in [1.82, 2.24) is 4.90 Å². The van der Waals surface area contributed by atoms with E-state index < -0.39 is 5.82 Å². The third-order valence-electron chi connectivity index (χ3n) is 3.94. The normalized spacial score (nSPS) is 10.4. The molecule has 0 aliphatic carbocycles. The molecule has 0 aliphatic rings. The number of ether oxygens (including phenoxy) is 3. The number of hydrogen-bond acceptors (Lipinski definition) is 4. The Labute approximate surface area is 157 Å². The number of benzene rings is 2. The van der Waals surface area contributed by atoms with E-state index in [0.29, 0.717) is 29.2 Å². The van der Waals surface area contributed by atoms with E-state index in [2.05, 4.69) is 0 Å². The number of hydrogen-bond donors (Lipinski definition) is 0. The summed E-state index contributed by atoms with van der Waals surface area (Å²) in [6.07, 6.45) is 0. The molecule has 0 aliphatic heterocycles. The predicted octanol–water partition coefficient (Wildman–Crippen LogP) is 4.17. The van der Waals surface area contributed by atoms with E-state index in [1.54, 1.807) is 17.0 Å². The van der Waals surface area contributed by atoms with Gasteiger partial charge in [0.25, 0.3) is 5.91 Å². The average Bonchev–Trinajstić information content (AvgIpc) is 2.64. The lowest BCUT2D eigenvalue weighted by molar-refractivity contribution is 0.0752. The Bertz CT molecular complexity index is 797. The van der Waals surface area contributed by atoms with E-state index in [1.807, 2.05) is 6.92 Å². The topological polar surface area (TPSA) is 48.0 Å². The molecule has 0 bridgehead atoms. The largest absolute Gasteiger partial charge is 0.494 e. The van der Waals surface area contributed by atoms with Gasteiger partial charge in [-0.3, -0.25) is 4.79 Å². The molecule has 0 saturated carbocycles. The maximum absolute atomic E-state index is 13.9. The van der Waals surface area contributed by atoms with Gasteiger partial charge in [-0.2, -0.15) is 0 Å². The molecule has 140 valence electrons. The van der Waals surface area contributed by atoms with Gasteiger partial charge < -0.3 is 19.1 Å². The molecule has 0 fully saturated rings. The molecular formula is C19H21ClFNO4. The van der Waals surface area contributed by atoms with Crippen molar-refractivity contribution in [2.45, 2.75) is 13.5 Å². The second kappa shape index (κ2) is 8.76. The summed E-state index contributed by atoms with van der Waals surface area (Å²) in [5.74, 6) is 0.185. The summed E-state index contributed by atoms with van der Waals surface area (Å²) in [6.45, 7) is 2.54. The lowest BCUT2D eigenvalue weighted by Gasteiger charge is -2.22. The molecule has 2 rings (SSSR count). The highest BCUT2D eigenvalue weighted by Crippen LogP contribution is 2.36. The van der Waals surface area contributed by atoms with Gasteiger partial charge in [0, 0.05) is 18.7 Å². The first kappa shape index (κ1) is 19.8. The van der Waals surface area contributed by atoms with Crippen LogP contribution in [0.1, 0.15) is 22.8 Å². The fraction of sp³-hybridized carbons (Fsp3) is 0.316. The monoisotopic (exact) mass is 381 g/mol. The average molecular weight is 382 g/mol. The maximum Gasteiger partial charge on any atom is 0.254 e. The summed E-state index contributed by atoms with van der Waals surface area (Å²) in [4.78, 5) is 14.4. The number of methoxy groups -OCH3 is 3. The van der Waals surface area contributed by atoms with Gasteiger partial charge in [0.2, 0.25) is 0 Å². The van der Waals surface area contributed by atoms with E-state index in [9.17, 15) is 9.18 Å². The van der Waals surface area contributed by atoms with Gasteiger partial charge in [0.1, 0.15) is 0 Å². The van der Waals surface area contributed by atoms with E-state index in [1.165, 1.54) is 39.5 Å². The maximum atomic E-state index is 13.9. The Morgan fingerprint density at radius 2 is 1.77 bits per heavy atom. The zero-order valence-electron chi connectivity index (χ0n) is 15.1. The minimum Gasteiger partial charge on any atom is -0.494 e. The lowest BCUT2D eigenvalue weighted by Crippen LogP contribution is -2.30. The third kappa shape index (κ3) is 4.19. The smallest absolute Gasteiger partial charge is 0.254 e. The minimum atomic E-state index is -0.470. The van der Waals surface area contributed by atoms with E-state index in [4.69, 9.17) is 25.8 Å². The third-order valence-corrected chi connectivity index (χ3v) is 4.22. The van der Waals surface area contributed by atoms with Crippen molar-refractivity contribution < 1.29 is 23.4 Å². The van der Waals surface area contributed by atoms with Gasteiger partial charge in [-0.1, -0.05) is 17.7 Å². The SMILES string of the molecule is CCN(Cc1ccc(OC)c(F)c1)C(=O)c1cc(Cl)c(OC)c(OC)c1. The van der Waals surface area contributed by atoms with Crippen molar-refractivity contribution in [1.29, 1.82) is 0 Å². The zero-order chi connectivity index (χ0) is 19.3. The van der Waals surface area contributed by atoms with E-state index >= 15 is 0 Å². The second-order valence-electron chi connectivity index (χ2n) is 5.48. The first-order chi connectivity index (χ1) is 12.4. The number of rotatable bonds is 7. The first-order valence-corrected chi connectivity index (χ1v) is 8.36. The number of amides is 1. The zero-order valence-corrected chi connectivity index (χ0v) is 15.9. The summed E-state index contributed by atoms with van der Waals surface area (Å²) in [5, 5.41) is 0.279. The molecule has 0 saturated heterocycles. The molecule has 0 aromatic heterocycles. The summed E-state index contributed by atoms with van der Waals surface area (Å²) >= 11 is 6.18. The Hall–Kier alpha value is -2.47. The van der Waals surface area contributed by atoms with Crippen LogP contribution in [0.2, 0.25) is 5.02 Å². The van der Waals surface area contributed by atoms with Gasteiger partial charge in [0.05, 0.1) is 26.4 Å². The molecule has 0 spiro atoms. The highest BCUT2D eigenvalue weighted by molar-refractivity contribution is 6.32. The number of halogens is 2. The minimum absolute atomic E-state index is 0.162. The van der Waals surface area contributed by atoms with Crippen molar-refractivity contribution in [3.8, 4) is 17.2 Å². The highest BCUT2D eigenvalue weighted by atomic mass is 35.5. The molecule has 26 heavy (non-hydrogen) atoms. The van der Waals surface area contributed by atoms with Gasteiger partial charge >= 0.3 is 0 Å². The molecular weight excluding hydrogens is 361 g/mol. The summed E-state index contributed by atoms with van der Waals surface area (Å²) in [6, 6.07) is 7.72. The summed E-state index contributed by atoms with van der Waals surface area (Å²) < 4.78 is 29.2. The molecule has 1 amide bonds. The van der Waals surface area contributed by atoms with E-state index in [-0.39, 0.29) is 23.2 Å². The number of carbonyl (C=O) groups excluding carboxylic acids is 1. The molecule has 2 aromatic rings. The van der Waals surface area contributed by atoms with Gasteiger partial charge in [0.15, 0.2) is 23.1 Å². The quantitative estimate of drug-likeness (QED) is 0.722. The van der Waals surface area contributed by atoms with Gasteiger partial charge in [-0.15, -0.1) is 0 Å². The predicted molar refractivity (Wildman–Crippen MR) is 97.9 cm³/mol. The molecule has 2 aromatic carbocycles. The fourth-order valence-corrected chi connectivity index (χ4v) is 2.87. The van der Waals surface area contributed by atoms with Gasteiger partial charge in [-0.05, 0) is 36.8 Å². The molecule has 0 N–H and O–H groups in total. The molecule has 0 unspecified atom stereocenters. The van der Waals surface area contributed by atoms with Crippen LogP contribution in [-0.4, -0.2) is 38.7 Å². The second-order valence-corrected chi connectivity index (χ2v) is 5.89. The molecule has 0 atom stereocenters. The Morgan fingerprint density at radius 3 is 2.31 bits per heavy atom. The Kier molecular flexibility index (Phi) is 6.69. The van der Waals surface area contributed by atoms with Crippen LogP contribution in [0.25, 0.3) is 0 Å². The molecule has 5 nitrogen and oxygen atoms in total. The van der Waals surface area contributed by atoms with Crippen molar-refractivity contribution in [2.75, 3.05) is 27.9 Å². The number of carbonyl (C=O) groups is 1. The van der Waals surface area contributed by atoms with E-state index in [0.717, 1.165) is 0 Å². The molecule has 0 heterocycles. The van der Waals surface area contributed by atoms with Crippen molar-refractivity contribution in [3.05, 3.63) is 52.3 Å². The fourth-order valence-electron chi connectivity index (χ4n) is 2.58. The lowest BCUT2D eigenvalue weighted by atomic mass is 10.1. The van der Waals surface area contributed by atoms with Crippen molar-refractivity contribution in [2.24, 2.45) is 0 Å². The standard InChI is InChI=1S/C19H21ClFNO4/c1-5-22(11-12-6-7-16(24-2)15(21)8-12)19(23)13-9-14(20)18(26-4)17(10-13)25-3/h6-10H,5,11H2,1-4H3. The summed E-state index contributed by atoms with van der Waals surface area (Å²) in [5.41, 5.74) is 1.02. The van der Waals surface area contributed by atoms with Crippen LogP contribution in [0.3, 0.4) is 0 Å². The van der Waals surface area contributed by atoms with Crippen molar-refractivity contribution in [3.63, 3.8) is 0 Å². The van der Waals surface area contributed by atoms with Crippen LogP contribution < -0.4 is 14.2 Å². The van der Waals surface area contributed by atoms with Crippen molar-refractivity contribution >= 4 is 17.5 Å².